The second-order valence-corrected chi connectivity index (χ2v) is 6.64. The van der Waals surface area contributed by atoms with Crippen LogP contribution in [0.15, 0.2) is 0 Å². The SMILES string of the molecule is C[C@@H]1CC2C[C@](CO)(C1)N2C(=O)OC(C)(C)C. The van der Waals surface area contributed by atoms with E-state index in [0.717, 1.165) is 19.3 Å². The zero-order valence-corrected chi connectivity index (χ0v) is 11.2. The molecule has 0 aromatic rings. The van der Waals surface area contributed by atoms with E-state index >= 15 is 0 Å². The first-order valence-corrected chi connectivity index (χ1v) is 6.41. The molecule has 98 valence electrons. The minimum absolute atomic E-state index is 0.0487. The average molecular weight is 241 g/mol. The number of ether oxygens (including phenoxy) is 1. The van der Waals surface area contributed by atoms with Crippen molar-refractivity contribution in [2.24, 2.45) is 5.92 Å². The van der Waals surface area contributed by atoms with Crippen LogP contribution in [0.2, 0.25) is 0 Å². The summed E-state index contributed by atoms with van der Waals surface area (Å²) in [6, 6.07) is 0.265. The van der Waals surface area contributed by atoms with Gasteiger partial charge in [-0.05, 0) is 46.0 Å². The Labute approximate surface area is 103 Å². The Morgan fingerprint density at radius 1 is 1.47 bits per heavy atom. The predicted molar refractivity (Wildman–Crippen MR) is 64.7 cm³/mol. The smallest absolute Gasteiger partial charge is 0.411 e. The van der Waals surface area contributed by atoms with Gasteiger partial charge in [0.15, 0.2) is 0 Å². The molecule has 3 rings (SSSR count). The van der Waals surface area contributed by atoms with Gasteiger partial charge in [-0.3, -0.25) is 4.90 Å². The fourth-order valence-corrected chi connectivity index (χ4v) is 3.33. The van der Waals surface area contributed by atoms with Crippen molar-refractivity contribution in [3.05, 3.63) is 0 Å². The van der Waals surface area contributed by atoms with Gasteiger partial charge < -0.3 is 9.84 Å². The third kappa shape index (κ3) is 2.15. The van der Waals surface area contributed by atoms with Crippen LogP contribution < -0.4 is 0 Å². The van der Waals surface area contributed by atoms with Gasteiger partial charge in [0.05, 0.1) is 12.1 Å². The zero-order chi connectivity index (χ0) is 12.8. The summed E-state index contributed by atoms with van der Waals surface area (Å²) in [5.74, 6) is 0.583. The number of hydrogen-bond acceptors (Lipinski definition) is 3. The number of hydrogen-bond donors (Lipinski definition) is 1. The number of nitrogens with zero attached hydrogens (tertiary/aromatic N) is 1. The minimum atomic E-state index is -0.469. The molecule has 2 heterocycles. The first-order chi connectivity index (χ1) is 7.77. The van der Waals surface area contributed by atoms with Crippen LogP contribution >= 0.6 is 0 Å². The lowest BCUT2D eigenvalue weighted by molar-refractivity contribution is -0.142. The number of fused-ring (bicyclic) bond motifs is 2. The molecule has 1 amide bonds. The Morgan fingerprint density at radius 3 is 2.65 bits per heavy atom. The van der Waals surface area contributed by atoms with Crippen LogP contribution in [0.3, 0.4) is 0 Å². The molecule has 2 bridgehead atoms. The zero-order valence-electron chi connectivity index (χ0n) is 11.2. The van der Waals surface area contributed by atoms with Crippen LogP contribution in [0, 0.1) is 5.92 Å². The number of piperidine rings is 1. The number of amides is 1. The van der Waals surface area contributed by atoms with Gasteiger partial charge in [-0.1, -0.05) is 6.92 Å². The highest BCUT2D eigenvalue weighted by atomic mass is 16.6. The molecule has 0 aromatic heterocycles. The number of aliphatic hydroxyl groups excluding tert-OH is 1. The maximum Gasteiger partial charge on any atom is 0.411 e. The molecule has 3 fully saturated rings. The van der Waals surface area contributed by atoms with Crippen LogP contribution in [0.4, 0.5) is 4.79 Å². The summed E-state index contributed by atoms with van der Waals surface area (Å²) in [6.45, 7) is 7.84. The Bertz CT molecular complexity index is 323. The van der Waals surface area contributed by atoms with E-state index in [2.05, 4.69) is 6.92 Å². The largest absolute Gasteiger partial charge is 0.444 e. The Morgan fingerprint density at radius 2 is 2.12 bits per heavy atom. The monoisotopic (exact) mass is 241 g/mol. The third-order valence-electron chi connectivity index (χ3n) is 3.78. The summed E-state index contributed by atoms with van der Waals surface area (Å²) in [7, 11) is 0. The molecule has 1 saturated carbocycles. The van der Waals surface area contributed by atoms with Gasteiger partial charge in [-0.2, -0.15) is 0 Å². The summed E-state index contributed by atoms with van der Waals surface area (Å²) < 4.78 is 5.42. The molecule has 0 radical (unpaired) electrons. The fourth-order valence-electron chi connectivity index (χ4n) is 3.33. The summed E-state index contributed by atoms with van der Waals surface area (Å²) in [4.78, 5) is 13.9. The molecule has 1 aliphatic carbocycles. The van der Waals surface area contributed by atoms with Crippen LogP contribution in [0.25, 0.3) is 0 Å². The molecule has 4 nitrogen and oxygen atoms in total. The third-order valence-corrected chi connectivity index (χ3v) is 3.78. The summed E-state index contributed by atoms with van der Waals surface area (Å²) in [6.07, 6.45) is 2.57. The minimum Gasteiger partial charge on any atom is -0.444 e. The fraction of sp³-hybridized carbons (Fsp3) is 0.923. The molecule has 4 heteroatoms. The molecule has 1 N–H and O–H groups in total. The molecule has 1 unspecified atom stereocenters. The van der Waals surface area contributed by atoms with E-state index < -0.39 is 5.60 Å². The lowest BCUT2D eigenvalue weighted by atomic mass is 9.65. The Balaban J connectivity index is 2.09. The molecular formula is C13H23NO3. The molecule has 3 aliphatic rings. The van der Waals surface area contributed by atoms with Crippen molar-refractivity contribution in [2.75, 3.05) is 6.61 Å². The van der Waals surface area contributed by atoms with Crippen molar-refractivity contribution in [2.45, 2.75) is 64.1 Å². The van der Waals surface area contributed by atoms with E-state index in [-0.39, 0.29) is 24.3 Å². The van der Waals surface area contributed by atoms with Crippen LogP contribution in [-0.2, 0) is 4.74 Å². The van der Waals surface area contributed by atoms with Gasteiger partial charge in [0, 0.05) is 6.04 Å². The van der Waals surface area contributed by atoms with Crippen LogP contribution in [0.1, 0.15) is 47.0 Å². The quantitative estimate of drug-likeness (QED) is 0.765. The van der Waals surface area contributed by atoms with E-state index in [1.54, 1.807) is 4.90 Å². The van der Waals surface area contributed by atoms with Gasteiger partial charge in [-0.25, -0.2) is 4.79 Å². The number of carbonyl (C=O) groups excluding carboxylic acids is 1. The van der Waals surface area contributed by atoms with Crippen molar-refractivity contribution >= 4 is 6.09 Å². The van der Waals surface area contributed by atoms with E-state index in [0.29, 0.717) is 5.92 Å². The standard InChI is InChI=1S/C13H23NO3/c1-9-5-10-7-13(6-9,8-15)14(10)11(16)17-12(2,3)4/h9-10,15H,5-8H2,1-4H3/t9-,10?,13+/m1/s1. The van der Waals surface area contributed by atoms with Gasteiger partial charge in [0.25, 0.3) is 0 Å². The summed E-state index contributed by atoms with van der Waals surface area (Å²) in [5.41, 5.74) is -0.812. The van der Waals surface area contributed by atoms with Crippen molar-refractivity contribution in [1.82, 2.24) is 4.90 Å². The average Bonchev–Trinajstić information content (AvgIpc) is 2.12. The van der Waals surface area contributed by atoms with E-state index in [1.807, 2.05) is 20.8 Å². The van der Waals surface area contributed by atoms with Gasteiger partial charge in [-0.15, -0.1) is 0 Å². The first kappa shape index (κ1) is 12.7. The van der Waals surface area contributed by atoms with Crippen molar-refractivity contribution in [3.8, 4) is 0 Å². The number of aliphatic hydroxyl groups is 1. The highest BCUT2D eigenvalue weighted by Crippen LogP contribution is 2.49. The maximum absolute atomic E-state index is 12.1. The van der Waals surface area contributed by atoms with E-state index in [1.165, 1.54) is 0 Å². The van der Waals surface area contributed by atoms with Crippen LogP contribution in [0.5, 0.6) is 0 Å². The molecule has 0 spiro atoms. The number of rotatable bonds is 1. The molecule has 2 aliphatic heterocycles. The summed E-state index contributed by atoms with van der Waals surface area (Å²) >= 11 is 0. The molecular weight excluding hydrogens is 218 g/mol. The summed E-state index contributed by atoms with van der Waals surface area (Å²) in [5, 5.41) is 9.57. The second kappa shape index (κ2) is 3.87. The topological polar surface area (TPSA) is 49.8 Å². The van der Waals surface area contributed by atoms with Gasteiger partial charge >= 0.3 is 6.09 Å². The highest BCUT2D eigenvalue weighted by molar-refractivity contribution is 5.71. The lowest BCUT2D eigenvalue weighted by Gasteiger charge is -2.62. The lowest BCUT2D eigenvalue weighted by Crippen LogP contribution is -2.73. The normalized spacial score (nSPS) is 36.4. The molecule has 17 heavy (non-hydrogen) atoms. The predicted octanol–water partition coefficient (Wildman–Crippen LogP) is 2.16. The van der Waals surface area contributed by atoms with Crippen molar-refractivity contribution < 1.29 is 14.6 Å². The van der Waals surface area contributed by atoms with Gasteiger partial charge in [0.1, 0.15) is 5.60 Å². The Hall–Kier alpha value is -0.770. The number of carbonyl (C=O) groups is 1. The maximum atomic E-state index is 12.1. The van der Waals surface area contributed by atoms with Crippen molar-refractivity contribution in [3.63, 3.8) is 0 Å². The van der Waals surface area contributed by atoms with E-state index in [4.69, 9.17) is 4.74 Å². The van der Waals surface area contributed by atoms with Crippen molar-refractivity contribution in [1.29, 1.82) is 0 Å². The first-order valence-electron chi connectivity index (χ1n) is 6.41. The van der Waals surface area contributed by atoms with Crippen LogP contribution in [-0.4, -0.2) is 39.9 Å². The molecule has 3 atom stereocenters. The molecule has 0 aromatic carbocycles. The highest BCUT2D eigenvalue weighted by Gasteiger charge is 2.58. The Kier molecular flexibility index (Phi) is 2.89. The molecule has 2 saturated heterocycles. The van der Waals surface area contributed by atoms with E-state index in [9.17, 15) is 9.90 Å². The second-order valence-electron chi connectivity index (χ2n) is 6.64. The van der Waals surface area contributed by atoms with Gasteiger partial charge in [0.2, 0.25) is 0 Å².